The Hall–Kier alpha value is -1.11. The molecule has 1 aromatic heterocycles. The van der Waals surface area contributed by atoms with Gasteiger partial charge in [-0.05, 0) is 12.1 Å². The van der Waals surface area contributed by atoms with E-state index in [1.807, 2.05) is 0 Å². The molecule has 1 atom stereocenters. The summed E-state index contributed by atoms with van der Waals surface area (Å²) in [6.07, 6.45) is 1.11. The normalized spacial score (nSPS) is 14.1. The van der Waals surface area contributed by atoms with E-state index in [0.717, 1.165) is 6.20 Å². The maximum Gasteiger partial charge on any atom is 0.477 e. The van der Waals surface area contributed by atoms with E-state index in [4.69, 9.17) is 5.73 Å². The number of rotatable bonds is 1. The zero-order chi connectivity index (χ0) is 10.1. The summed E-state index contributed by atoms with van der Waals surface area (Å²) in [7, 11) is -3.15. The molecule has 0 bridgehead atoms. The predicted molar refractivity (Wildman–Crippen MR) is 41.1 cm³/mol. The summed E-state index contributed by atoms with van der Waals surface area (Å²) < 4.78 is 46.5. The van der Waals surface area contributed by atoms with Crippen molar-refractivity contribution in [2.24, 2.45) is 0 Å². The highest BCUT2D eigenvalue weighted by Crippen LogP contribution is 2.27. The minimum Gasteiger partial charge on any atom is -0.396 e. The van der Waals surface area contributed by atoms with Gasteiger partial charge in [0.15, 0.2) is 15.8 Å². The second-order valence-corrected chi connectivity index (χ2v) is 3.50. The molecule has 0 fully saturated rings. The molecule has 0 aliphatic rings. The molecule has 3 nitrogen and oxygen atoms in total. The van der Waals surface area contributed by atoms with E-state index in [-0.39, 0.29) is 5.69 Å². The average molecular weight is 210 g/mol. The number of pyridine rings is 1. The number of nitrogens with zero attached hydrogens (tertiary/aromatic N) is 1. The summed E-state index contributed by atoms with van der Waals surface area (Å²) in [6, 6.07) is 2.58. The van der Waals surface area contributed by atoms with E-state index in [0.29, 0.717) is 0 Å². The van der Waals surface area contributed by atoms with E-state index in [1.54, 1.807) is 0 Å². The first kappa shape index (κ1) is 9.97. The molecule has 7 heteroatoms. The number of aromatic nitrogens is 1. The molecular weight excluding hydrogens is 205 g/mol. The highest BCUT2D eigenvalue weighted by Gasteiger charge is 2.39. The number of hydrogen-bond donors (Lipinski definition) is 1. The number of halogens is 3. The molecule has 0 radical (unpaired) electrons. The van der Waals surface area contributed by atoms with Crippen LogP contribution in [0, 0.1) is 0 Å². The lowest BCUT2D eigenvalue weighted by molar-refractivity contribution is -0.0386. The molecule has 72 valence electrons. The van der Waals surface area contributed by atoms with Crippen LogP contribution >= 0.6 is 0 Å². The maximum atomic E-state index is 11.9. The van der Waals surface area contributed by atoms with Gasteiger partial charge in [0, 0.05) is 6.20 Å². The Balaban J connectivity index is 3.10. The van der Waals surface area contributed by atoms with Gasteiger partial charge < -0.3 is 5.73 Å². The van der Waals surface area contributed by atoms with Gasteiger partial charge in [0.2, 0.25) is 0 Å². The van der Waals surface area contributed by atoms with Gasteiger partial charge in [-0.3, -0.25) is 0 Å². The minimum absolute atomic E-state index is 0.224. The highest BCUT2D eigenvalue weighted by molar-refractivity contribution is 7.86. The lowest BCUT2D eigenvalue weighted by Gasteiger charge is -2.06. The third-order valence-corrected chi connectivity index (χ3v) is 2.30. The highest BCUT2D eigenvalue weighted by atomic mass is 32.2. The molecule has 1 heterocycles. The van der Waals surface area contributed by atoms with Gasteiger partial charge >= 0.3 is 5.51 Å². The van der Waals surface area contributed by atoms with Crippen LogP contribution in [0.1, 0.15) is 0 Å². The first-order chi connectivity index (χ1) is 5.93. The lowest BCUT2D eigenvalue weighted by atomic mass is 10.4. The van der Waals surface area contributed by atoms with E-state index in [2.05, 4.69) is 4.98 Å². The standard InChI is InChI=1S/C6H5F3N2OS/c7-6(8,9)13(12)5-4(10)2-1-3-11-5/h1-3H,10H2. The minimum atomic E-state index is -4.82. The van der Waals surface area contributed by atoms with Crippen molar-refractivity contribution in [1.29, 1.82) is 0 Å². The van der Waals surface area contributed by atoms with Crippen molar-refractivity contribution in [3.63, 3.8) is 0 Å². The van der Waals surface area contributed by atoms with Crippen LogP contribution in [0.4, 0.5) is 18.9 Å². The number of alkyl halides is 3. The Kier molecular flexibility index (Phi) is 2.55. The van der Waals surface area contributed by atoms with Gasteiger partial charge in [-0.15, -0.1) is 0 Å². The van der Waals surface area contributed by atoms with E-state index in [1.165, 1.54) is 12.1 Å². The summed E-state index contributed by atoms with van der Waals surface area (Å²) >= 11 is 0. The van der Waals surface area contributed by atoms with Crippen molar-refractivity contribution >= 4 is 16.5 Å². The predicted octanol–water partition coefficient (Wildman–Crippen LogP) is 1.29. The molecule has 0 saturated heterocycles. The third kappa shape index (κ3) is 2.18. The Bertz CT molecular complexity index is 339. The lowest BCUT2D eigenvalue weighted by Crippen LogP contribution is -2.18. The molecule has 0 aromatic carbocycles. The summed E-state index contributed by atoms with van der Waals surface area (Å²) in [5, 5.41) is -0.644. The van der Waals surface area contributed by atoms with E-state index < -0.39 is 21.3 Å². The second-order valence-electron chi connectivity index (χ2n) is 2.11. The summed E-state index contributed by atoms with van der Waals surface area (Å²) in [4.78, 5) is 3.30. The number of hydrogen-bond acceptors (Lipinski definition) is 3. The number of nitrogens with two attached hydrogens (primary N) is 1. The van der Waals surface area contributed by atoms with Crippen molar-refractivity contribution in [2.45, 2.75) is 10.5 Å². The summed E-state index contributed by atoms with van der Waals surface area (Å²) in [5.41, 5.74) is 0.122. The van der Waals surface area contributed by atoms with Crippen LogP contribution in [0.25, 0.3) is 0 Å². The van der Waals surface area contributed by atoms with Crippen molar-refractivity contribution in [3.05, 3.63) is 18.3 Å². The zero-order valence-electron chi connectivity index (χ0n) is 6.21. The van der Waals surface area contributed by atoms with Gasteiger partial charge in [-0.2, -0.15) is 13.2 Å². The molecule has 0 spiro atoms. The molecule has 0 aliphatic carbocycles. The maximum absolute atomic E-state index is 11.9. The van der Waals surface area contributed by atoms with Gasteiger partial charge in [0.1, 0.15) is 0 Å². The largest absolute Gasteiger partial charge is 0.477 e. The summed E-state index contributed by atoms with van der Waals surface area (Å²) in [6.45, 7) is 0. The van der Waals surface area contributed by atoms with Crippen molar-refractivity contribution in [2.75, 3.05) is 5.73 Å². The van der Waals surface area contributed by atoms with Gasteiger partial charge in [-0.25, -0.2) is 9.19 Å². The first-order valence-corrected chi connectivity index (χ1v) is 4.27. The fraction of sp³-hybridized carbons (Fsp3) is 0.167. The second kappa shape index (κ2) is 3.33. The Morgan fingerprint density at radius 3 is 2.54 bits per heavy atom. The van der Waals surface area contributed by atoms with Crippen LogP contribution in [0.5, 0.6) is 0 Å². The topological polar surface area (TPSA) is 56.0 Å². The first-order valence-electron chi connectivity index (χ1n) is 3.12. The molecular formula is C6H5F3N2OS. The fourth-order valence-electron chi connectivity index (χ4n) is 0.668. The Morgan fingerprint density at radius 2 is 2.08 bits per heavy atom. The van der Waals surface area contributed by atoms with Crippen molar-refractivity contribution in [1.82, 2.24) is 4.98 Å². The van der Waals surface area contributed by atoms with Crippen LogP contribution in [0.2, 0.25) is 0 Å². The quantitative estimate of drug-likeness (QED) is 0.759. The van der Waals surface area contributed by atoms with E-state index in [9.17, 15) is 17.4 Å². The molecule has 0 aliphatic heterocycles. The van der Waals surface area contributed by atoms with Crippen LogP contribution in [-0.2, 0) is 10.8 Å². The van der Waals surface area contributed by atoms with Crippen LogP contribution < -0.4 is 5.73 Å². The SMILES string of the molecule is Nc1cccnc1S(=O)C(F)(F)F. The van der Waals surface area contributed by atoms with Crippen LogP contribution in [-0.4, -0.2) is 14.7 Å². The molecule has 0 amide bonds. The van der Waals surface area contributed by atoms with Gasteiger partial charge in [-0.1, -0.05) is 0 Å². The average Bonchev–Trinajstić information content (AvgIpc) is 2.02. The van der Waals surface area contributed by atoms with Crippen molar-refractivity contribution < 1.29 is 17.4 Å². The third-order valence-electron chi connectivity index (χ3n) is 1.19. The molecule has 13 heavy (non-hydrogen) atoms. The number of anilines is 1. The van der Waals surface area contributed by atoms with Crippen LogP contribution in [0.15, 0.2) is 23.4 Å². The van der Waals surface area contributed by atoms with Crippen molar-refractivity contribution in [3.8, 4) is 0 Å². The summed E-state index contributed by atoms with van der Waals surface area (Å²) in [5.74, 6) is 0. The molecule has 1 rings (SSSR count). The Labute approximate surface area is 74.2 Å². The van der Waals surface area contributed by atoms with Gasteiger partial charge in [0.25, 0.3) is 0 Å². The monoisotopic (exact) mass is 210 g/mol. The van der Waals surface area contributed by atoms with Crippen LogP contribution in [0.3, 0.4) is 0 Å². The molecule has 0 saturated carbocycles. The van der Waals surface area contributed by atoms with Gasteiger partial charge in [0.05, 0.1) is 5.69 Å². The molecule has 2 N–H and O–H groups in total. The molecule has 1 unspecified atom stereocenters. The number of nitrogen functional groups attached to an aromatic ring is 1. The fourth-order valence-corrected chi connectivity index (χ4v) is 1.33. The van der Waals surface area contributed by atoms with E-state index >= 15 is 0 Å². The smallest absolute Gasteiger partial charge is 0.396 e. The zero-order valence-corrected chi connectivity index (χ0v) is 7.02. The Morgan fingerprint density at radius 1 is 1.46 bits per heavy atom. The molecule has 1 aromatic rings.